The lowest BCUT2D eigenvalue weighted by Crippen LogP contribution is -2.37. The van der Waals surface area contributed by atoms with Crippen molar-refractivity contribution in [2.75, 3.05) is 13.1 Å². The summed E-state index contributed by atoms with van der Waals surface area (Å²) in [6.45, 7) is 8.73. The Labute approximate surface area is 88.6 Å². The van der Waals surface area contributed by atoms with Gasteiger partial charge in [0.2, 0.25) is 0 Å². The first-order valence-electron chi connectivity index (χ1n) is 5.97. The van der Waals surface area contributed by atoms with Crippen LogP contribution in [0.3, 0.4) is 0 Å². The molecule has 1 aliphatic rings. The highest BCUT2D eigenvalue weighted by molar-refractivity contribution is 4.94. The number of nitrogens with one attached hydrogen (secondary N) is 1. The average Bonchev–Trinajstić information content (AvgIpc) is 2.79. The number of hydrogen-bond donors (Lipinski definition) is 2. The summed E-state index contributed by atoms with van der Waals surface area (Å²) < 4.78 is 0. The van der Waals surface area contributed by atoms with Crippen LogP contribution in [-0.4, -0.2) is 18.6 Å². The van der Waals surface area contributed by atoms with Crippen molar-refractivity contribution in [3.63, 3.8) is 0 Å². The molecule has 0 unspecified atom stereocenters. The Morgan fingerprint density at radius 3 is 2.43 bits per heavy atom. The van der Waals surface area contributed by atoms with Crippen LogP contribution in [-0.2, 0) is 0 Å². The van der Waals surface area contributed by atoms with E-state index in [2.05, 4.69) is 26.1 Å². The molecule has 0 amide bonds. The summed E-state index contributed by atoms with van der Waals surface area (Å²) in [5.41, 5.74) is 6.57. The van der Waals surface area contributed by atoms with Crippen LogP contribution in [0.1, 0.15) is 52.9 Å². The Balaban J connectivity index is 2.04. The molecule has 0 saturated heterocycles. The van der Waals surface area contributed by atoms with Crippen LogP contribution in [0.5, 0.6) is 0 Å². The standard InChI is InChI=1S/C12H26N2/c1-4-5-12(6-7-12)10-14-9-8-11(2,3)13/h14H,4-10,13H2,1-3H3. The molecule has 2 heteroatoms. The molecule has 1 rings (SSSR count). The van der Waals surface area contributed by atoms with E-state index in [1.54, 1.807) is 0 Å². The minimum absolute atomic E-state index is 0.0194. The van der Waals surface area contributed by atoms with Crippen LogP contribution < -0.4 is 11.1 Å². The van der Waals surface area contributed by atoms with Gasteiger partial charge in [-0.15, -0.1) is 0 Å². The Hall–Kier alpha value is -0.0800. The maximum Gasteiger partial charge on any atom is 0.0109 e. The molecule has 0 heterocycles. The van der Waals surface area contributed by atoms with E-state index < -0.39 is 0 Å². The van der Waals surface area contributed by atoms with Gasteiger partial charge in [0, 0.05) is 12.1 Å². The number of hydrogen-bond acceptors (Lipinski definition) is 2. The molecule has 0 bridgehead atoms. The zero-order valence-corrected chi connectivity index (χ0v) is 10.0. The second kappa shape index (κ2) is 4.63. The first-order valence-corrected chi connectivity index (χ1v) is 5.97. The molecule has 1 saturated carbocycles. The highest BCUT2D eigenvalue weighted by Crippen LogP contribution is 2.48. The van der Waals surface area contributed by atoms with Crippen molar-refractivity contribution in [2.24, 2.45) is 11.1 Å². The zero-order chi connectivity index (χ0) is 10.7. The van der Waals surface area contributed by atoms with Gasteiger partial charge in [-0.3, -0.25) is 0 Å². The Bertz CT molecular complexity index is 166. The normalized spacial score (nSPS) is 19.7. The Morgan fingerprint density at radius 1 is 1.36 bits per heavy atom. The molecule has 1 fully saturated rings. The van der Waals surface area contributed by atoms with E-state index in [1.807, 2.05) is 0 Å². The van der Waals surface area contributed by atoms with E-state index in [0.29, 0.717) is 5.41 Å². The van der Waals surface area contributed by atoms with E-state index >= 15 is 0 Å². The molecule has 84 valence electrons. The smallest absolute Gasteiger partial charge is 0.0109 e. The molecule has 0 spiro atoms. The van der Waals surface area contributed by atoms with Crippen LogP contribution in [0.25, 0.3) is 0 Å². The molecule has 0 aliphatic heterocycles. The van der Waals surface area contributed by atoms with Gasteiger partial charge < -0.3 is 11.1 Å². The van der Waals surface area contributed by atoms with Crippen LogP contribution in [0.4, 0.5) is 0 Å². The summed E-state index contributed by atoms with van der Waals surface area (Å²) in [5.74, 6) is 0. The van der Waals surface area contributed by atoms with Gasteiger partial charge in [0.25, 0.3) is 0 Å². The molecular formula is C12H26N2. The maximum absolute atomic E-state index is 5.92. The summed E-state index contributed by atoms with van der Waals surface area (Å²) in [7, 11) is 0. The van der Waals surface area contributed by atoms with Gasteiger partial charge in [0.15, 0.2) is 0 Å². The molecule has 0 aromatic heterocycles. The summed E-state index contributed by atoms with van der Waals surface area (Å²) >= 11 is 0. The highest BCUT2D eigenvalue weighted by Gasteiger charge is 2.40. The van der Waals surface area contributed by atoms with Gasteiger partial charge in [0.1, 0.15) is 0 Å². The molecule has 2 nitrogen and oxygen atoms in total. The summed E-state index contributed by atoms with van der Waals surface area (Å²) in [6, 6.07) is 0. The van der Waals surface area contributed by atoms with Crippen LogP contribution in [0.15, 0.2) is 0 Å². The van der Waals surface area contributed by atoms with Gasteiger partial charge >= 0.3 is 0 Å². The fourth-order valence-corrected chi connectivity index (χ4v) is 1.99. The second-order valence-electron chi connectivity index (χ2n) is 5.67. The first-order chi connectivity index (χ1) is 6.47. The predicted molar refractivity (Wildman–Crippen MR) is 62.3 cm³/mol. The van der Waals surface area contributed by atoms with Crippen molar-refractivity contribution < 1.29 is 0 Å². The van der Waals surface area contributed by atoms with Crippen LogP contribution in [0, 0.1) is 5.41 Å². The third-order valence-electron chi connectivity index (χ3n) is 3.18. The van der Waals surface area contributed by atoms with E-state index in [-0.39, 0.29) is 5.54 Å². The largest absolute Gasteiger partial charge is 0.326 e. The molecule has 1 aliphatic carbocycles. The number of nitrogens with two attached hydrogens (primary N) is 1. The Kier molecular flexibility index (Phi) is 3.96. The van der Waals surface area contributed by atoms with Crippen LogP contribution in [0.2, 0.25) is 0 Å². The molecule has 14 heavy (non-hydrogen) atoms. The molecule has 0 atom stereocenters. The first kappa shape index (κ1) is 12.0. The molecule has 0 aromatic rings. The summed E-state index contributed by atoms with van der Waals surface area (Å²) in [5, 5.41) is 3.55. The SMILES string of the molecule is CCCC1(CNCCC(C)(C)N)CC1. The van der Waals surface area contributed by atoms with E-state index in [9.17, 15) is 0 Å². The van der Waals surface area contributed by atoms with Crippen molar-refractivity contribution in [3.8, 4) is 0 Å². The van der Waals surface area contributed by atoms with Gasteiger partial charge in [0.05, 0.1) is 0 Å². The third kappa shape index (κ3) is 4.43. The highest BCUT2D eigenvalue weighted by atomic mass is 14.9. The molecular weight excluding hydrogens is 172 g/mol. The van der Waals surface area contributed by atoms with E-state index in [0.717, 1.165) is 13.0 Å². The number of rotatable bonds is 7. The monoisotopic (exact) mass is 198 g/mol. The second-order valence-corrected chi connectivity index (χ2v) is 5.67. The van der Waals surface area contributed by atoms with E-state index in [4.69, 9.17) is 5.73 Å². The van der Waals surface area contributed by atoms with E-state index in [1.165, 1.54) is 32.2 Å². The fourth-order valence-electron chi connectivity index (χ4n) is 1.99. The lowest BCUT2D eigenvalue weighted by molar-refractivity contribution is 0.394. The third-order valence-corrected chi connectivity index (χ3v) is 3.18. The van der Waals surface area contributed by atoms with Crippen molar-refractivity contribution in [3.05, 3.63) is 0 Å². The maximum atomic E-state index is 5.92. The fraction of sp³-hybridized carbons (Fsp3) is 1.00. The lowest BCUT2D eigenvalue weighted by Gasteiger charge is -2.20. The van der Waals surface area contributed by atoms with Crippen molar-refractivity contribution in [1.29, 1.82) is 0 Å². The minimum Gasteiger partial charge on any atom is -0.326 e. The summed E-state index contributed by atoms with van der Waals surface area (Å²) in [6.07, 6.45) is 6.64. The van der Waals surface area contributed by atoms with Gasteiger partial charge in [-0.05, 0) is 51.5 Å². The Morgan fingerprint density at radius 2 is 2.00 bits per heavy atom. The van der Waals surface area contributed by atoms with Crippen LogP contribution >= 0.6 is 0 Å². The summed E-state index contributed by atoms with van der Waals surface area (Å²) in [4.78, 5) is 0. The predicted octanol–water partition coefficient (Wildman–Crippen LogP) is 2.28. The lowest BCUT2D eigenvalue weighted by atomic mass is 9.99. The van der Waals surface area contributed by atoms with Gasteiger partial charge in [-0.1, -0.05) is 13.3 Å². The average molecular weight is 198 g/mol. The topological polar surface area (TPSA) is 38.0 Å². The minimum atomic E-state index is -0.0194. The van der Waals surface area contributed by atoms with Gasteiger partial charge in [-0.25, -0.2) is 0 Å². The molecule has 3 N–H and O–H groups in total. The zero-order valence-electron chi connectivity index (χ0n) is 10.0. The van der Waals surface area contributed by atoms with Crippen molar-refractivity contribution in [1.82, 2.24) is 5.32 Å². The molecule has 0 aromatic carbocycles. The molecule has 0 radical (unpaired) electrons. The van der Waals surface area contributed by atoms with Crippen molar-refractivity contribution in [2.45, 2.75) is 58.4 Å². The quantitative estimate of drug-likeness (QED) is 0.616. The van der Waals surface area contributed by atoms with Gasteiger partial charge in [-0.2, -0.15) is 0 Å². The van der Waals surface area contributed by atoms with Crippen molar-refractivity contribution >= 4 is 0 Å².